The molecule has 0 aliphatic rings. The number of carbonyl (C=O) groups is 3. The van der Waals surface area contributed by atoms with Crippen LogP contribution >= 0.6 is 0 Å². The Labute approximate surface area is 103 Å². The zero-order valence-electron chi connectivity index (χ0n) is 9.79. The molecule has 0 saturated heterocycles. The summed E-state index contributed by atoms with van der Waals surface area (Å²) in [5.41, 5.74) is 5.04. The summed E-state index contributed by atoms with van der Waals surface area (Å²) in [6, 6.07) is 0.300. The van der Waals surface area contributed by atoms with E-state index in [0.717, 1.165) is 0 Å². The van der Waals surface area contributed by atoms with E-state index in [1.165, 1.54) is 10.7 Å². The van der Waals surface area contributed by atoms with Gasteiger partial charge < -0.3 is 16.2 Å². The summed E-state index contributed by atoms with van der Waals surface area (Å²) in [6.07, 6.45) is 1.40. The van der Waals surface area contributed by atoms with Crippen LogP contribution in [-0.2, 0) is 16.6 Å². The number of carbonyl (C=O) groups excluding carboxylic acids is 2. The van der Waals surface area contributed by atoms with Gasteiger partial charge in [0, 0.05) is 19.7 Å². The van der Waals surface area contributed by atoms with Gasteiger partial charge in [-0.05, 0) is 12.5 Å². The van der Waals surface area contributed by atoms with Gasteiger partial charge >= 0.3 is 5.97 Å². The molecule has 1 atom stereocenters. The number of aryl methyl sites for hydroxylation is 1. The van der Waals surface area contributed by atoms with Gasteiger partial charge in [0.05, 0.1) is 0 Å². The van der Waals surface area contributed by atoms with Crippen LogP contribution in [0.4, 0.5) is 0 Å². The quantitative estimate of drug-likeness (QED) is 0.591. The summed E-state index contributed by atoms with van der Waals surface area (Å²) < 4.78 is 1.42. The molecule has 1 heterocycles. The number of aromatic nitrogens is 2. The van der Waals surface area contributed by atoms with Crippen molar-refractivity contribution < 1.29 is 19.5 Å². The summed E-state index contributed by atoms with van der Waals surface area (Å²) in [4.78, 5) is 33.1. The average Bonchev–Trinajstić information content (AvgIpc) is 2.70. The molecule has 0 unspecified atom stereocenters. The predicted octanol–water partition coefficient (Wildman–Crippen LogP) is -1.13. The van der Waals surface area contributed by atoms with Crippen LogP contribution in [0.3, 0.4) is 0 Å². The molecule has 0 radical (unpaired) electrons. The molecule has 0 aromatic carbocycles. The van der Waals surface area contributed by atoms with Gasteiger partial charge in [-0.2, -0.15) is 5.10 Å². The Morgan fingerprint density at radius 2 is 2.22 bits per heavy atom. The number of hydrogen-bond acceptors (Lipinski definition) is 4. The molecule has 8 nitrogen and oxygen atoms in total. The van der Waals surface area contributed by atoms with Gasteiger partial charge in [0.2, 0.25) is 5.91 Å². The molecule has 1 aromatic rings. The fourth-order valence-electron chi connectivity index (χ4n) is 1.31. The van der Waals surface area contributed by atoms with Gasteiger partial charge in [0.15, 0.2) is 0 Å². The lowest BCUT2D eigenvalue weighted by Gasteiger charge is -2.12. The molecule has 1 aromatic heterocycles. The van der Waals surface area contributed by atoms with Crippen LogP contribution in [0, 0.1) is 0 Å². The van der Waals surface area contributed by atoms with Crippen molar-refractivity contribution in [2.45, 2.75) is 18.9 Å². The number of nitrogens with zero attached hydrogens (tertiary/aromatic N) is 2. The molecule has 8 heteroatoms. The highest BCUT2D eigenvalue weighted by atomic mass is 16.4. The Bertz CT molecular complexity index is 468. The van der Waals surface area contributed by atoms with E-state index in [4.69, 9.17) is 10.8 Å². The van der Waals surface area contributed by atoms with Crippen LogP contribution in [0.25, 0.3) is 0 Å². The van der Waals surface area contributed by atoms with Crippen LogP contribution in [0.1, 0.15) is 23.3 Å². The van der Waals surface area contributed by atoms with E-state index in [1.807, 2.05) is 0 Å². The molecule has 0 bridgehead atoms. The second-order valence-corrected chi connectivity index (χ2v) is 3.74. The number of aliphatic carboxylic acids is 1. The highest BCUT2D eigenvalue weighted by Gasteiger charge is 2.22. The molecule has 0 aliphatic heterocycles. The summed E-state index contributed by atoms with van der Waals surface area (Å²) in [5.74, 6) is -2.44. The second-order valence-electron chi connectivity index (χ2n) is 3.74. The second kappa shape index (κ2) is 5.80. The first kappa shape index (κ1) is 13.7. The topological polar surface area (TPSA) is 127 Å². The molecular weight excluding hydrogens is 240 g/mol. The minimum atomic E-state index is -1.22. The summed E-state index contributed by atoms with van der Waals surface area (Å²) in [5, 5.41) is 15.0. The van der Waals surface area contributed by atoms with Crippen molar-refractivity contribution >= 4 is 17.8 Å². The summed E-state index contributed by atoms with van der Waals surface area (Å²) >= 11 is 0. The van der Waals surface area contributed by atoms with Gasteiger partial charge in [-0.1, -0.05) is 0 Å². The lowest BCUT2D eigenvalue weighted by Crippen LogP contribution is -2.41. The maximum absolute atomic E-state index is 11.7. The molecule has 1 rings (SSSR count). The number of nitrogens with two attached hydrogens (primary N) is 1. The number of carboxylic acids is 1. The van der Waals surface area contributed by atoms with E-state index in [1.54, 1.807) is 13.2 Å². The van der Waals surface area contributed by atoms with Crippen molar-refractivity contribution in [3.8, 4) is 0 Å². The fraction of sp³-hybridized carbons (Fsp3) is 0.400. The van der Waals surface area contributed by atoms with Crippen LogP contribution in [-0.4, -0.2) is 38.7 Å². The van der Waals surface area contributed by atoms with Gasteiger partial charge in [-0.3, -0.25) is 14.3 Å². The number of primary amides is 1. The molecule has 4 N–H and O–H groups in total. The van der Waals surface area contributed by atoms with E-state index in [9.17, 15) is 14.4 Å². The molecular formula is C10H14N4O4. The highest BCUT2D eigenvalue weighted by molar-refractivity contribution is 5.94. The third kappa shape index (κ3) is 3.89. The third-order valence-corrected chi connectivity index (χ3v) is 2.23. The zero-order chi connectivity index (χ0) is 13.7. The molecule has 2 amide bonds. The van der Waals surface area contributed by atoms with Crippen molar-refractivity contribution in [1.82, 2.24) is 15.1 Å². The van der Waals surface area contributed by atoms with Crippen molar-refractivity contribution in [1.29, 1.82) is 0 Å². The average molecular weight is 254 g/mol. The Kier molecular flexibility index (Phi) is 4.41. The maximum atomic E-state index is 11.7. The van der Waals surface area contributed by atoms with Gasteiger partial charge in [0.1, 0.15) is 11.7 Å². The predicted molar refractivity (Wildman–Crippen MR) is 60.5 cm³/mol. The van der Waals surface area contributed by atoms with E-state index in [2.05, 4.69) is 10.4 Å². The maximum Gasteiger partial charge on any atom is 0.326 e. The number of rotatable bonds is 6. The van der Waals surface area contributed by atoms with Gasteiger partial charge in [0.25, 0.3) is 5.91 Å². The number of hydrogen-bond donors (Lipinski definition) is 3. The van der Waals surface area contributed by atoms with Crippen molar-refractivity contribution in [3.05, 3.63) is 18.0 Å². The van der Waals surface area contributed by atoms with E-state index < -0.39 is 23.8 Å². The minimum Gasteiger partial charge on any atom is -0.480 e. The lowest BCUT2D eigenvalue weighted by atomic mass is 10.1. The lowest BCUT2D eigenvalue weighted by molar-refractivity contribution is -0.139. The Morgan fingerprint density at radius 1 is 1.56 bits per heavy atom. The van der Waals surface area contributed by atoms with E-state index >= 15 is 0 Å². The first-order chi connectivity index (χ1) is 8.40. The fourth-order valence-corrected chi connectivity index (χ4v) is 1.31. The molecule has 0 spiro atoms. The van der Waals surface area contributed by atoms with Gasteiger partial charge in [-0.15, -0.1) is 0 Å². The SMILES string of the molecule is Cn1ccc(C(=O)N[C@@H](CCC(N)=O)C(=O)O)n1. The van der Waals surface area contributed by atoms with Crippen molar-refractivity contribution in [2.24, 2.45) is 12.8 Å². The first-order valence-electron chi connectivity index (χ1n) is 5.21. The van der Waals surface area contributed by atoms with Crippen LogP contribution < -0.4 is 11.1 Å². The largest absolute Gasteiger partial charge is 0.480 e. The standard InChI is InChI=1S/C10H14N4O4/c1-14-5-4-6(13-14)9(16)12-7(10(17)18)2-3-8(11)15/h4-5,7H,2-3H2,1H3,(H2,11,15)(H,12,16)(H,17,18)/t7-/m0/s1. The number of nitrogens with one attached hydrogen (secondary N) is 1. The normalized spacial score (nSPS) is 11.8. The van der Waals surface area contributed by atoms with Crippen LogP contribution in [0.15, 0.2) is 12.3 Å². The molecule has 0 saturated carbocycles. The van der Waals surface area contributed by atoms with E-state index in [-0.39, 0.29) is 18.5 Å². The van der Waals surface area contributed by atoms with Crippen molar-refractivity contribution in [2.75, 3.05) is 0 Å². The van der Waals surface area contributed by atoms with Gasteiger partial charge in [-0.25, -0.2) is 4.79 Å². The highest BCUT2D eigenvalue weighted by Crippen LogP contribution is 2.00. The van der Waals surface area contributed by atoms with Crippen LogP contribution in [0.2, 0.25) is 0 Å². The Balaban J connectivity index is 2.63. The van der Waals surface area contributed by atoms with E-state index in [0.29, 0.717) is 0 Å². The van der Waals surface area contributed by atoms with Crippen molar-refractivity contribution in [3.63, 3.8) is 0 Å². The number of carboxylic acid groups (broad SMARTS) is 1. The summed E-state index contributed by atoms with van der Waals surface area (Å²) in [7, 11) is 1.64. The smallest absolute Gasteiger partial charge is 0.326 e. The molecule has 0 fully saturated rings. The zero-order valence-corrected chi connectivity index (χ0v) is 9.79. The Morgan fingerprint density at radius 3 is 2.67 bits per heavy atom. The summed E-state index contributed by atoms with van der Waals surface area (Å²) in [6.45, 7) is 0. The van der Waals surface area contributed by atoms with Crippen LogP contribution in [0.5, 0.6) is 0 Å². The molecule has 18 heavy (non-hydrogen) atoms. The first-order valence-corrected chi connectivity index (χ1v) is 5.21. The third-order valence-electron chi connectivity index (χ3n) is 2.23. The molecule has 0 aliphatic carbocycles. The number of amides is 2. The Hall–Kier alpha value is -2.38. The monoisotopic (exact) mass is 254 g/mol. The minimum absolute atomic E-state index is 0.0523. The molecule has 98 valence electrons.